The molecular formula is C28H45N3O2S. The molecule has 3 unspecified atom stereocenters. The first kappa shape index (κ1) is 27.1. The third kappa shape index (κ3) is 7.25. The third-order valence-electron chi connectivity index (χ3n) is 7.45. The lowest BCUT2D eigenvalue weighted by Crippen LogP contribution is -2.47. The van der Waals surface area contributed by atoms with Gasteiger partial charge in [-0.3, -0.25) is 4.79 Å². The number of hydrogen-bond donors (Lipinski definition) is 1. The predicted molar refractivity (Wildman–Crippen MR) is 145 cm³/mol. The number of hydrogen-bond acceptors (Lipinski definition) is 5. The Morgan fingerprint density at radius 2 is 2.09 bits per heavy atom. The number of nitrogens with zero attached hydrogens (tertiary/aromatic N) is 3. The molecule has 0 aromatic heterocycles. The van der Waals surface area contributed by atoms with Crippen LogP contribution in [0, 0.1) is 11.8 Å². The molecule has 190 valence electrons. The highest BCUT2D eigenvalue weighted by Gasteiger charge is 2.30. The van der Waals surface area contributed by atoms with Gasteiger partial charge in [-0.25, -0.2) is 0 Å². The van der Waals surface area contributed by atoms with Crippen molar-refractivity contribution in [3.8, 4) is 0 Å². The van der Waals surface area contributed by atoms with E-state index in [0.717, 1.165) is 63.2 Å². The van der Waals surface area contributed by atoms with Crippen molar-refractivity contribution >= 4 is 17.7 Å². The summed E-state index contributed by atoms with van der Waals surface area (Å²) < 4.78 is 0. The average Bonchev–Trinajstić information content (AvgIpc) is 3.04. The molecule has 0 saturated carbocycles. The van der Waals surface area contributed by atoms with Gasteiger partial charge in [0.2, 0.25) is 0 Å². The normalized spacial score (nSPS) is 24.9. The highest BCUT2D eigenvalue weighted by atomic mass is 32.2. The molecule has 0 aromatic rings. The summed E-state index contributed by atoms with van der Waals surface area (Å²) in [6, 6.07) is 0. The van der Waals surface area contributed by atoms with Crippen LogP contribution in [-0.2, 0) is 4.79 Å². The summed E-state index contributed by atoms with van der Waals surface area (Å²) in [7, 11) is 0. The Balaban J connectivity index is 1.53. The second-order valence-electron chi connectivity index (χ2n) is 9.94. The molecule has 1 saturated heterocycles. The fourth-order valence-electron chi connectivity index (χ4n) is 5.40. The zero-order valence-electron chi connectivity index (χ0n) is 21.7. The minimum atomic E-state index is -0.508. The summed E-state index contributed by atoms with van der Waals surface area (Å²) in [5.41, 5.74) is 3.29. The summed E-state index contributed by atoms with van der Waals surface area (Å²) in [6.07, 6.45) is 16.7. The molecule has 0 radical (unpaired) electrons. The first-order chi connectivity index (χ1) is 16.5. The Morgan fingerprint density at radius 1 is 1.26 bits per heavy atom. The topological polar surface area (TPSA) is 47.0 Å². The second-order valence-corrected chi connectivity index (χ2v) is 10.9. The van der Waals surface area contributed by atoms with Gasteiger partial charge in [-0.15, -0.1) is 0 Å². The average molecular weight is 488 g/mol. The van der Waals surface area contributed by atoms with E-state index in [4.69, 9.17) is 0 Å². The Kier molecular flexibility index (Phi) is 10.8. The predicted octanol–water partition coefficient (Wildman–Crippen LogP) is 4.33. The van der Waals surface area contributed by atoms with Crippen LogP contribution in [0.5, 0.6) is 0 Å². The molecule has 1 amide bonds. The van der Waals surface area contributed by atoms with Gasteiger partial charge in [0, 0.05) is 56.3 Å². The maximum atomic E-state index is 13.3. The van der Waals surface area contributed by atoms with Gasteiger partial charge in [0.05, 0.1) is 6.10 Å². The summed E-state index contributed by atoms with van der Waals surface area (Å²) in [4.78, 5) is 19.9. The van der Waals surface area contributed by atoms with Crippen LogP contribution in [0.25, 0.3) is 0 Å². The highest BCUT2D eigenvalue weighted by Crippen LogP contribution is 2.28. The van der Waals surface area contributed by atoms with Crippen LogP contribution in [0.2, 0.25) is 0 Å². The number of allylic oxidation sites excluding steroid dienone is 4. The van der Waals surface area contributed by atoms with E-state index in [1.807, 2.05) is 22.7 Å². The largest absolute Gasteiger partial charge is 0.390 e. The van der Waals surface area contributed by atoms with Gasteiger partial charge >= 0.3 is 0 Å². The lowest BCUT2D eigenvalue weighted by Gasteiger charge is -2.38. The van der Waals surface area contributed by atoms with Crippen LogP contribution < -0.4 is 0 Å². The van der Waals surface area contributed by atoms with Gasteiger partial charge in [0.15, 0.2) is 0 Å². The van der Waals surface area contributed by atoms with Gasteiger partial charge in [0.1, 0.15) is 0 Å². The van der Waals surface area contributed by atoms with Gasteiger partial charge < -0.3 is 19.8 Å². The molecule has 34 heavy (non-hydrogen) atoms. The number of aliphatic hydroxyl groups excluding tert-OH is 1. The molecule has 0 spiro atoms. The zero-order chi connectivity index (χ0) is 24.5. The van der Waals surface area contributed by atoms with Crippen molar-refractivity contribution in [2.45, 2.75) is 52.6 Å². The van der Waals surface area contributed by atoms with Gasteiger partial charge in [0.25, 0.3) is 5.91 Å². The molecule has 3 rings (SSSR count). The number of likely N-dealkylation sites (N-methyl/N-ethyl adjacent to an activating group) is 1. The minimum absolute atomic E-state index is 0.0788. The van der Waals surface area contributed by atoms with Crippen molar-refractivity contribution in [3.05, 3.63) is 47.2 Å². The van der Waals surface area contributed by atoms with Crippen LogP contribution >= 0.6 is 11.8 Å². The number of β-amino-alcohol motifs (C(OH)–C–C–N with tert-alkyl or cyclic N) is 1. The van der Waals surface area contributed by atoms with Crippen molar-refractivity contribution in [1.29, 1.82) is 0 Å². The van der Waals surface area contributed by atoms with Crippen molar-refractivity contribution < 1.29 is 9.90 Å². The molecule has 0 aromatic carbocycles. The zero-order valence-corrected chi connectivity index (χ0v) is 22.5. The van der Waals surface area contributed by atoms with Gasteiger partial charge in [-0.1, -0.05) is 37.6 Å². The van der Waals surface area contributed by atoms with Crippen LogP contribution in [-0.4, -0.2) is 89.6 Å². The number of likely N-dealkylation sites (tertiary alicyclic amines) is 1. The number of carbonyl (C=O) groups is 1. The number of thioether (sulfide) groups is 1. The molecule has 1 N–H and O–H groups in total. The van der Waals surface area contributed by atoms with Crippen LogP contribution in [0.15, 0.2) is 47.2 Å². The van der Waals surface area contributed by atoms with Crippen molar-refractivity contribution in [2.24, 2.45) is 11.8 Å². The fraction of sp³-hybridized carbons (Fsp3) is 0.679. The molecule has 2 aliphatic heterocycles. The summed E-state index contributed by atoms with van der Waals surface area (Å²) in [5, 5.41) is 10.8. The molecule has 3 atom stereocenters. The Morgan fingerprint density at radius 3 is 2.79 bits per heavy atom. The molecule has 2 heterocycles. The Bertz CT molecular complexity index is 803. The molecular weight excluding hydrogens is 442 g/mol. The molecule has 6 heteroatoms. The molecule has 5 nitrogen and oxygen atoms in total. The summed E-state index contributed by atoms with van der Waals surface area (Å²) in [6.45, 7) is 12.5. The van der Waals surface area contributed by atoms with E-state index in [1.165, 1.54) is 11.3 Å². The highest BCUT2D eigenvalue weighted by molar-refractivity contribution is 7.98. The van der Waals surface area contributed by atoms with E-state index in [2.05, 4.69) is 61.1 Å². The number of piperidine rings is 1. The molecule has 1 fully saturated rings. The quantitative estimate of drug-likeness (QED) is 0.440. The standard InChI is InChI=1S/C28H45N3O2S/c1-5-7-8-23-13-15-29(19-22(23)3)20-26(32)21-31-16-14-24-9-10-25(11-12-27(24)28(31)33)30(6-2)17-18-34-4/h7-8,10-12,22-23,26,32H,5-6,9,13-21H2,1-4H3/b8-7-. The van der Waals surface area contributed by atoms with Gasteiger partial charge in [-0.2, -0.15) is 11.8 Å². The molecule has 0 bridgehead atoms. The number of amides is 1. The number of aliphatic hydroxyl groups is 1. The lowest BCUT2D eigenvalue weighted by molar-refractivity contribution is -0.129. The van der Waals surface area contributed by atoms with E-state index in [1.54, 1.807) is 0 Å². The Labute approximate surface area is 211 Å². The van der Waals surface area contributed by atoms with E-state index in [9.17, 15) is 9.90 Å². The van der Waals surface area contributed by atoms with E-state index >= 15 is 0 Å². The van der Waals surface area contributed by atoms with E-state index < -0.39 is 6.10 Å². The van der Waals surface area contributed by atoms with Gasteiger partial charge in [-0.05, 0) is 69.4 Å². The van der Waals surface area contributed by atoms with Crippen LogP contribution in [0.4, 0.5) is 0 Å². The first-order valence-electron chi connectivity index (χ1n) is 13.2. The first-order valence-corrected chi connectivity index (χ1v) is 14.6. The fourth-order valence-corrected chi connectivity index (χ4v) is 5.80. The summed E-state index contributed by atoms with van der Waals surface area (Å²) >= 11 is 1.86. The maximum Gasteiger partial charge on any atom is 0.253 e. The van der Waals surface area contributed by atoms with E-state index in [-0.39, 0.29) is 5.91 Å². The monoisotopic (exact) mass is 487 g/mol. The minimum Gasteiger partial charge on any atom is -0.390 e. The van der Waals surface area contributed by atoms with Crippen LogP contribution in [0.1, 0.15) is 46.5 Å². The smallest absolute Gasteiger partial charge is 0.253 e. The number of rotatable bonds is 11. The molecule has 1 aliphatic carbocycles. The van der Waals surface area contributed by atoms with Crippen LogP contribution in [0.3, 0.4) is 0 Å². The molecule has 3 aliphatic rings. The SMILES string of the molecule is CC/C=C\C1CCN(CC(O)CN2CCC3=C(C=CC(N(CC)CCSC)=CC3)C2=O)CC1C. The Hall–Kier alpha value is -1.50. The van der Waals surface area contributed by atoms with Crippen molar-refractivity contribution in [1.82, 2.24) is 14.7 Å². The summed E-state index contributed by atoms with van der Waals surface area (Å²) in [5.74, 6) is 2.43. The second kappa shape index (κ2) is 13.6. The third-order valence-corrected chi connectivity index (χ3v) is 8.04. The van der Waals surface area contributed by atoms with Crippen molar-refractivity contribution in [3.63, 3.8) is 0 Å². The van der Waals surface area contributed by atoms with E-state index in [0.29, 0.717) is 31.5 Å². The lowest BCUT2D eigenvalue weighted by atomic mass is 9.86. The maximum absolute atomic E-state index is 13.3. The number of carbonyl (C=O) groups excluding carboxylic acids is 1. The van der Waals surface area contributed by atoms with Crippen molar-refractivity contribution in [2.75, 3.05) is 57.8 Å².